The molecule has 178 valence electrons. The van der Waals surface area contributed by atoms with E-state index in [1.165, 1.54) is 4.88 Å². The highest BCUT2D eigenvalue weighted by Crippen LogP contribution is 2.38. The van der Waals surface area contributed by atoms with Crippen LogP contribution in [-0.2, 0) is 13.1 Å². The number of aryl methyl sites for hydroxylation is 1. The minimum absolute atomic E-state index is 0. The SMILES string of the molecule is CCNC(=NCc1scnc1C)N1CCN(Cc2cc(OC)c(OC)c(OC)c2)CC1.I. The Kier molecular flexibility index (Phi) is 10.8. The standard InChI is InChI=1S/C22H33N5O3S.HI/c1-6-23-22(24-13-20-16(2)25-15-31-20)27-9-7-26(8-10-27)14-17-11-18(28-3)21(30-5)19(12-17)29-4;/h11-12,15H,6-10,13-14H2,1-5H3,(H,23,24);1H. The zero-order valence-electron chi connectivity index (χ0n) is 19.5. The summed E-state index contributed by atoms with van der Waals surface area (Å²) in [5.41, 5.74) is 4.10. The lowest BCUT2D eigenvalue weighted by molar-refractivity contribution is 0.172. The first-order valence-corrected chi connectivity index (χ1v) is 11.4. The second-order valence-electron chi connectivity index (χ2n) is 7.33. The van der Waals surface area contributed by atoms with Crippen LogP contribution in [0.3, 0.4) is 0 Å². The Balaban J connectivity index is 0.00000363. The van der Waals surface area contributed by atoms with Gasteiger partial charge in [0.15, 0.2) is 17.5 Å². The molecule has 1 aromatic heterocycles. The number of aliphatic imine (C=N–C) groups is 1. The van der Waals surface area contributed by atoms with E-state index in [0.717, 1.165) is 56.5 Å². The third-order valence-corrected chi connectivity index (χ3v) is 6.27. The van der Waals surface area contributed by atoms with Gasteiger partial charge in [-0.25, -0.2) is 9.98 Å². The van der Waals surface area contributed by atoms with Crippen molar-refractivity contribution >= 4 is 41.3 Å². The van der Waals surface area contributed by atoms with Crippen molar-refractivity contribution in [3.63, 3.8) is 0 Å². The third kappa shape index (κ3) is 6.61. The number of thiazole rings is 1. The molecule has 1 aliphatic rings. The summed E-state index contributed by atoms with van der Waals surface area (Å²) in [7, 11) is 4.92. The summed E-state index contributed by atoms with van der Waals surface area (Å²) in [5, 5.41) is 3.44. The molecule has 0 amide bonds. The Labute approximate surface area is 212 Å². The summed E-state index contributed by atoms with van der Waals surface area (Å²) in [5.74, 6) is 2.98. The number of benzene rings is 1. The molecule has 0 atom stereocenters. The molecular weight excluding hydrogens is 541 g/mol. The van der Waals surface area contributed by atoms with E-state index in [1.54, 1.807) is 32.7 Å². The van der Waals surface area contributed by atoms with Gasteiger partial charge in [0.1, 0.15) is 0 Å². The molecular formula is C22H34IN5O3S. The van der Waals surface area contributed by atoms with Crippen molar-refractivity contribution in [1.82, 2.24) is 20.1 Å². The Hall–Kier alpha value is -1.79. The minimum atomic E-state index is 0. The molecule has 0 radical (unpaired) electrons. The highest BCUT2D eigenvalue weighted by molar-refractivity contribution is 14.0. The average Bonchev–Trinajstić information content (AvgIpc) is 3.21. The van der Waals surface area contributed by atoms with Crippen LogP contribution >= 0.6 is 35.3 Å². The summed E-state index contributed by atoms with van der Waals surface area (Å²) in [6, 6.07) is 4.05. The normalized spacial score (nSPS) is 14.7. The van der Waals surface area contributed by atoms with Crippen LogP contribution in [-0.4, -0.2) is 74.8 Å². The van der Waals surface area contributed by atoms with Crippen LogP contribution in [0.1, 0.15) is 23.1 Å². The fourth-order valence-electron chi connectivity index (χ4n) is 3.65. The predicted molar refractivity (Wildman–Crippen MR) is 140 cm³/mol. The van der Waals surface area contributed by atoms with Gasteiger partial charge in [0.05, 0.1) is 39.1 Å². The number of rotatable bonds is 8. The third-order valence-electron chi connectivity index (χ3n) is 5.35. The van der Waals surface area contributed by atoms with Crippen molar-refractivity contribution < 1.29 is 14.2 Å². The number of piperazine rings is 1. The summed E-state index contributed by atoms with van der Waals surface area (Å²) in [6.07, 6.45) is 0. The van der Waals surface area contributed by atoms with Gasteiger partial charge in [-0.3, -0.25) is 4.90 Å². The molecule has 0 unspecified atom stereocenters. The Morgan fingerprint density at radius 2 is 1.75 bits per heavy atom. The molecule has 10 heteroatoms. The Morgan fingerprint density at radius 3 is 2.25 bits per heavy atom. The van der Waals surface area contributed by atoms with E-state index in [1.807, 2.05) is 24.6 Å². The molecule has 0 aliphatic carbocycles. The monoisotopic (exact) mass is 575 g/mol. The highest BCUT2D eigenvalue weighted by Gasteiger charge is 2.21. The summed E-state index contributed by atoms with van der Waals surface area (Å²) in [4.78, 5) is 15.2. The van der Waals surface area contributed by atoms with Crippen molar-refractivity contribution in [2.75, 3.05) is 54.1 Å². The molecule has 1 N–H and O–H groups in total. The molecule has 2 heterocycles. The van der Waals surface area contributed by atoms with Gasteiger partial charge in [0.2, 0.25) is 5.75 Å². The van der Waals surface area contributed by atoms with Gasteiger partial charge < -0.3 is 24.4 Å². The minimum Gasteiger partial charge on any atom is -0.493 e. The van der Waals surface area contributed by atoms with Crippen LogP contribution in [0.2, 0.25) is 0 Å². The zero-order valence-corrected chi connectivity index (χ0v) is 22.7. The Bertz CT molecular complexity index is 859. The van der Waals surface area contributed by atoms with Crippen molar-refractivity contribution in [1.29, 1.82) is 0 Å². The molecule has 32 heavy (non-hydrogen) atoms. The molecule has 8 nitrogen and oxygen atoms in total. The lowest BCUT2D eigenvalue weighted by Crippen LogP contribution is -2.52. The maximum Gasteiger partial charge on any atom is 0.203 e. The molecule has 1 aliphatic heterocycles. The molecule has 3 rings (SSSR count). The van der Waals surface area contributed by atoms with Gasteiger partial charge >= 0.3 is 0 Å². The van der Waals surface area contributed by atoms with Crippen LogP contribution in [0.25, 0.3) is 0 Å². The summed E-state index contributed by atoms with van der Waals surface area (Å²) in [6.45, 7) is 10.3. The number of aromatic nitrogens is 1. The van der Waals surface area contributed by atoms with E-state index in [0.29, 0.717) is 23.8 Å². The van der Waals surface area contributed by atoms with Crippen molar-refractivity contribution in [3.8, 4) is 17.2 Å². The topological polar surface area (TPSA) is 71.5 Å². The number of nitrogens with one attached hydrogen (secondary N) is 1. The van der Waals surface area contributed by atoms with E-state index in [4.69, 9.17) is 19.2 Å². The molecule has 0 spiro atoms. The fraction of sp³-hybridized carbons (Fsp3) is 0.545. The molecule has 1 aromatic carbocycles. The van der Waals surface area contributed by atoms with Crippen molar-refractivity contribution in [2.24, 2.45) is 4.99 Å². The van der Waals surface area contributed by atoms with Gasteiger partial charge in [-0.05, 0) is 31.5 Å². The molecule has 1 saturated heterocycles. The quantitative estimate of drug-likeness (QED) is 0.294. The predicted octanol–water partition coefficient (Wildman–Crippen LogP) is 3.38. The van der Waals surface area contributed by atoms with E-state index in [2.05, 4.69) is 27.0 Å². The maximum atomic E-state index is 5.49. The first kappa shape index (κ1) is 26.5. The molecule has 1 fully saturated rings. The second-order valence-corrected chi connectivity index (χ2v) is 8.27. The second kappa shape index (κ2) is 13.0. The Morgan fingerprint density at radius 1 is 1.09 bits per heavy atom. The zero-order chi connectivity index (χ0) is 22.2. The first-order valence-electron chi connectivity index (χ1n) is 10.5. The van der Waals surface area contributed by atoms with Crippen LogP contribution < -0.4 is 19.5 Å². The van der Waals surface area contributed by atoms with Gasteiger partial charge in [0, 0.05) is 44.1 Å². The average molecular weight is 576 g/mol. The van der Waals surface area contributed by atoms with Crippen molar-refractivity contribution in [3.05, 3.63) is 33.8 Å². The molecule has 0 bridgehead atoms. The number of guanidine groups is 1. The van der Waals surface area contributed by atoms with E-state index in [9.17, 15) is 0 Å². The largest absolute Gasteiger partial charge is 0.493 e. The van der Waals surface area contributed by atoms with Crippen LogP contribution in [0.4, 0.5) is 0 Å². The van der Waals surface area contributed by atoms with E-state index in [-0.39, 0.29) is 24.0 Å². The summed E-state index contributed by atoms with van der Waals surface area (Å²) >= 11 is 1.66. The van der Waals surface area contributed by atoms with Gasteiger partial charge in [-0.15, -0.1) is 35.3 Å². The first-order chi connectivity index (χ1) is 15.1. The maximum absolute atomic E-state index is 5.49. The van der Waals surface area contributed by atoms with Crippen LogP contribution in [0.5, 0.6) is 17.2 Å². The lowest BCUT2D eigenvalue weighted by Gasteiger charge is -2.36. The van der Waals surface area contributed by atoms with Gasteiger partial charge in [-0.2, -0.15) is 0 Å². The number of hydrogen-bond acceptors (Lipinski definition) is 7. The number of halogens is 1. The van der Waals surface area contributed by atoms with Crippen LogP contribution in [0, 0.1) is 6.92 Å². The van der Waals surface area contributed by atoms with Gasteiger partial charge in [-0.1, -0.05) is 0 Å². The lowest BCUT2D eigenvalue weighted by atomic mass is 10.1. The summed E-state index contributed by atoms with van der Waals surface area (Å²) < 4.78 is 16.4. The smallest absolute Gasteiger partial charge is 0.203 e. The molecule has 2 aromatic rings. The fourth-order valence-corrected chi connectivity index (χ4v) is 4.35. The van der Waals surface area contributed by atoms with E-state index >= 15 is 0 Å². The van der Waals surface area contributed by atoms with E-state index < -0.39 is 0 Å². The number of methoxy groups -OCH3 is 3. The number of hydrogen-bond donors (Lipinski definition) is 1. The molecule has 0 saturated carbocycles. The van der Waals surface area contributed by atoms with Gasteiger partial charge in [0.25, 0.3) is 0 Å². The van der Waals surface area contributed by atoms with Crippen molar-refractivity contribution in [2.45, 2.75) is 26.9 Å². The number of nitrogens with zero attached hydrogens (tertiary/aromatic N) is 4. The number of ether oxygens (including phenoxy) is 3. The van der Waals surface area contributed by atoms with Crippen LogP contribution in [0.15, 0.2) is 22.6 Å². The highest BCUT2D eigenvalue weighted by atomic mass is 127.